The van der Waals surface area contributed by atoms with Gasteiger partial charge in [0.15, 0.2) is 11.5 Å². The second-order valence-electron chi connectivity index (χ2n) is 3.75. The SMILES string of the molecule is CCOC(=O)C(=O)c1cc2c(cc1SC)OCCO2. The predicted octanol–water partition coefficient (Wildman–Crippen LogP) is 1.93. The van der Waals surface area contributed by atoms with Gasteiger partial charge in [0.2, 0.25) is 0 Å². The van der Waals surface area contributed by atoms with E-state index in [1.807, 2.05) is 6.26 Å². The average Bonchev–Trinajstić information content (AvgIpc) is 2.45. The maximum atomic E-state index is 12.0. The Balaban J connectivity index is 2.38. The Morgan fingerprint density at radius 3 is 2.47 bits per heavy atom. The number of hydrogen-bond acceptors (Lipinski definition) is 6. The summed E-state index contributed by atoms with van der Waals surface area (Å²) in [6, 6.07) is 3.26. The number of carbonyl (C=O) groups excluding carboxylic acids is 2. The molecule has 0 unspecified atom stereocenters. The lowest BCUT2D eigenvalue weighted by atomic mass is 10.1. The molecule has 1 aromatic rings. The van der Waals surface area contributed by atoms with Crippen LogP contribution in [-0.4, -0.2) is 37.8 Å². The number of Topliss-reactive ketones (excluding diaryl/α,β-unsaturated/α-hetero) is 1. The van der Waals surface area contributed by atoms with Gasteiger partial charge in [-0.1, -0.05) is 0 Å². The Morgan fingerprint density at radius 2 is 1.89 bits per heavy atom. The van der Waals surface area contributed by atoms with Gasteiger partial charge in [-0.05, 0) is 25.3 Å². The lowest BCUT2D eigenvalue weighted by Gasteiger charge is -2.20. The Morgan fingerprint density at radius 1 is 1.26 bits per heavy atom. The van der Waals surface area contributed by atoms with E-state index < -0.39 is 11.8 Å². The molecule has 0 atom stereocenters. The number of hydrogen-bond donors (Lipinski definition) is 0. The Labute approximate surface area is 115 Å². The van der Waals surface area contributed by atoms with Crippen molar-refractivity contribution >= 4 is 23.5 Å². The molecule has 0 amide bonds. The van der Waals surface area contributed by atoms with Crippen LogP contribution in [0.3, 0.4) is 0 Å². The number of rotatable bonds is 4. The number of thioether (sulfide) groups is 1. The van der Waals surface area contributed by atoms with Gasteiger partial charge in [0.25, 0.3) is 5.78 Å². The van der Waals surface area contributed by atoms with Crippen LogP contribution in [-0.2, 0) is 9.53 Å². The molecule has 102 valence electrons. The van der Waals surface area contributed by atoms with E-state index in [1.54, 1.807) is 19.1 Å². The van der Waals surface area contributed by atoms with Crippen LogP contribution in [0, 0.1) is 0 Å². The monoisotopic (exact) mass is 282 g/mol. The summed E-state index contributed by atoms with van der Waals surface area (Å²) in [7, 11) is 0. The fraction of sp³-hybridized carbons (Fsp3) is 0.385. The summed E-state index contributed by atoms with van der Waals surface area (Å²) >= 11 is 1.37. The van der Waals surface area contributed by atoms with Crippen LogP contribution in [0.15, 0.2) is 17.0 Å². The summed E-state index contributed by atoms with van der Waals surface area (Å²) in [6.45, 7) is 2.73. The van der Waals surface area contributed by atoms with Crippen LogP contribution in [0.4, 0.5) is 0 Å². The van der Waals surface area contributed by atoms with Crippen LogP contribution in [0.2, 0.25) is 0 Å². The second kappa shape index (κ2) is 5.97. The minimum absolute atomic E-state index is 0.170. The highest BCUT2D eigenvalue weighted by molar-refractivity contribution is 7.98. The maximum absolute atomic E-state index is 12.0. The topological polar surface area (TPSA) is 61.8 Å². The molecule has 0 saturated carbocycles. The number of ether oxygens (including phenoxy) is 3. The van der Waals surface area contributed by atoms with Gasteiger partial charge in [-0.3, -0.25) is 4.79 Å². The van der Waals surface area contributed by atoms with E-state index in [0.29, 0.717) is 29.6 Å². The van der Waals surface area contributed by atoms with E-state index in [2.05, 4.69) is 0 Å². The molecule has 1 heterocycles. The number of fused-ring (bicyclic) bond motifs is 1. The highest BCUT2D eigenvalue weighted by Crippen LogP contribution is 2.36. The van der Waals surface area contributed by atoms with Crippen molar-refractivity contribution in [2.75, 3.05) is 26.1 Å². The standard InChI is InChI=1S/C13H14O5S/c1-3-16-13(15)12(14)8-6-9-10(7-11(8)19-2)18-5-4-17-9/h6-7H,3-5H2,1-2H3. The van der Waals surface area contributed by atoms with Crippen molar-refractivity contribution in [3.05, 3.63) is 17.7 Å². The van der Waals surface area contributed by atoms with Crippen molar-refractivity contribution in [3.8, 4) is 11.5 Å². The molecule has 1 aliphatic rings. The van der Waals surface area contributed by atoms with E-state index in [-0.39, 0.29) is 12.2 Å². The number of carbonyl (C=O) groups is 2. The first kappa shape index (κ1) is 13.7. The Hall–Kier alpha value is -1.69. The van der Waals surface area contributed by atoms with Crippen molar-refractivity contribution < 1.29 is 23.8 Å². The van der Waals surface area contributed by atoms with E-state index in [1.165, 1.54) is 11.8 Å². The molecule has 0 fully saturated rings. The molecular weight excluding hydrogens is 268 g/mol. The van der Waals surface area contributed by atoms with Crippen molar-refractivity contribution in [1.82, 2.24) is 0 Å². The second-order valence-corrected chi connectivity index (χ2v) is 4.59. The molecule has 19 heavy (non-hydrogen) atoms. The van der Waals surface area contributed by atoms with Crippen LogP contribution in [0.25, 0.3) is 0 Å². The van der Waals surface area contributed by atoms with Gasteiger partial charge in [0.1, 0.15) is 13.2 Å². The van der Waals surface area contributed by atoms with Crippen LogP contribution in [0.5, 0.6) is 11.5 Å². The molecule has 0 spiro atoms. The smallest absolute Gasteiger partial charge is 0.379 e. The lowest BCUT2D eigenvalue weighted by molar-refractivity contribution is -0.137. The average molecular weight is 282 g/mol. The molecule has 6 heteroatoms. The van der Waals surface area contributed by atoms with Gasteiger partial charge in [-0.2, -0.15) is 0 Å². The first-order valence-electron chi connectivity index (χ1n) is 5.86. The van der Waals surface area contributed by atoms with Gasteiger partial charge >= 0.3 is 5.97 Å². The fourth-order valence-electron chi connectivity index (χ4n) is 1.72. The predicted molar refractivity (Wildman–Crippen MR) is 70.2 cm³/mol. The number of benzene rings is 1. The van der Waals surface area contributed by atoms with Crippen molar-refractivity contribution in [2.24, 2.45) is 0 Å². The third-order valence-electron chi connectivity index (χ3n) is 2.57. The summed E-state index contributed by atoms with van der Waals surface area (Å²) in [6.07, 6.45) is 1.83. The van der Waals surface area contributed by atoms with Gasteiger partial charge in [-0.15, -0.1) is 11.8 Å². The van der Waals surface area contributed by atoms with Crippen molar-refractivity contribution in [2.45, 2.75) is 11.8 Å². The Kier molecular flexibility index (Phi) is 4.31. The largest absolute Gasteiger partial charge is 0.486 e. The molecule has 0 bridgehead atoms. The summed E-state index contributed by atoms with van der Waals surface area (Å²) in [5, 5.41) is 0. The minimum Gasteiger partial charge on any atom is -0.486 e. The first-order chi connectivity index (χ1) is 9.17. The quantitative estimate of drug-likeness (QED) is 0.364. The van der Waals surface area contributed by atoms with Crippen molar-refractivity contribution in [3.63, 3.8) is 0 Å². The minimum atomic E-state index is -0.852. The molecule has 0 N–H and O–H groups in total. The van der Waals surface area contributed by atoms with Crippen LogP contribution >= 0.6 is 11.8 Å². The number of ketones is 1. The van der Waals surface area contributed by atoms with Gasteiger partial charge in [-0.25, -0.2) is 4.79 Å². The third-order valence-corrected chi connectivity index (χ3v) is 3.35. The van der Waals surface area contributed by atoms with E-state index in [0.717, 1.165) is 0 Å². The van der Waals surface area contributed by atoms with Gasteiger partial charge in [0, 0.05) is 10.5 Å². The summed E-state index contributed by atoms with van der Waals surface area (Å²) < 4.78 is 15.6. The first-order valence-corrected chi connectivity index (χ1v) is 7.09. The fourth-order valence-corrected chi connectivity index (χ4v) is 2.32. The highest BCUT2D eigenvalue weighted by Gasteiger charge is 2.24. The zero-order chi connectivity index (χ0) is 13.8. The zero-order valence-corrected chi connectivity index (χ0v) is 11.5. The van der Waals surface area contributed by atoms with E-state index in [9.17, 15) is 9.59 Å². The number of esters is 1. The molecular formula is C13H14O5S. The van der Waals surface area contributed by atoms with E-state index in [4.69, 9.17) is 14.2 Å². The third kappa shape index (κ3) is 2.84. The van der Waals surface area contributed by atoms with Crippen LogP contribution < -0.4 is 9.47 Å². The molecule has 0 aromatic heterocycles. The normalized spacial score (nSPS) is 12.9. The summed E-state index contributed by atoms with van der Waals surface area (Å²) in [4.78, 5) is 24.2. The molecule has 0 radical (unpaired) electrons. The Bertz CT molecular complexity index is 512. The highest BCUT2D eigenvalue weighted by atomic mass is 32.2. The zero-order valence-electron chi connectivity index (χ0n) is 10.7. The summed E-state index contributed by atoms with van der Waals surface area (Å²) in [5.41, 5.74) is 0.287. The van der Waals surface area contributed by atoms with Gasteiger partial charge < -0.3 is 14.2 Å². The molecule has 0 aliphatic carbocycles. The van der Waals surface area contributed by atoms with E-state index >= 15 is 0 Å². The maximum Gasteiger partial charge on any atom is 0.379 e. The molecule has 1 aromatic carbocycles. The van der Waals surface area contributed by atoms with Gasteiger partial charge in [0.05, 0.1) is 6.61 Å². The summed E-state index contributed by atoms with van der Waals surface area (Å²) in [5.74, 6) is -0.439. The molecule has 5 nitrogen and oxygen atoms in total. The van der Waals surface area contributed by atoms with Crippen molar-refractivity contribution in [1.29, 1.82) is 0 Å². The molecule has 0 saturated heterocycles. The lowest BCUT2D eigenvalue weighted by Crippen LogP contribution is -2.20. The van der Waals surface area contributed by atoms with Crippen LogP contribution in [0.1, 0.15) is 17.3 Å². The molecule has 2 rings (SSSR count). The molecule has 1 aliphatic heterocycles.